The summed E-state index contributed by atoms with van der Waals surface area (Å²) in [6.45, 7) is 2.48. The summed E-state index contributed by atoms with van der Waals surface area (Å²) in [5.41, 5.74) is 0.249. The Morgan fingerprint density at radius 2 is 2.12 bits per heavy atom. The monoisotopic (exact) mass is 247 g/mol. The third-order valence-electron chi connectivity index (χ3n) is 2.28. The standard InChI is InChI=1S/C11H15F2NOS/c1-7(14-3-4-16-2)9-5-8(12)6-10(13)11(9)15/h5-7,14-15H,3-4H2,1-2H3. The van der Waals surface area contributed by atoms with Crippen LogP contribution in [0.1, 0.15) is 18.5 Å². The van der Waals surface area contributed by atoms with Crippen molar-refractivity contribution < 1.29 is 13.9 Å². The number of hydrogen-bond acceptors (Lipinski definition) is 3. The van der Waals surface area contributed by atoms with Crippen LogP contribution in [0, 0.1) is 11.6 Å². The zero-order chi connectivity index (χ0) is 12.1. The van der Waals surface area contributed by atoms with Gasteiger partial charge >= 0.3 is 0 Å². The quantitative estimate of drug-likeness (QED) is 0.785. The Kier molecular flexibility index (Phi) is 5.02. The first-order valence-electron chi connectivity index (χ1n) is 4.96. The highest BCUT2D eigenvalue weighted by molar-refractivity contribution is 7.98. The number of aromatic hydroxyl groups is 1. The van der Waals surface area contributed by atoms with E-state index in [0.717, 1.165) is 18.4 Å². The summed E-state index contributed by atoms with van der Waals surface area (Å²) in [6.07, 6.45) is 1.98. The number of benzene rings is 1. The molecule has 1 aromatic rings. The van der Waals surface area contributed by atoms with Gasteiger partial charge in [0.1, 0.15) is 5.82 Å². The second-order valence-electron chi connectivity index (χ2n) is 3.49. The molecule has 0 aliphatic heterocycles. The lowest BCUT2D eigenvalue weighted by Crippen LogP contribution is -2.21. The van der Waals surface area contributed by atoms with Crippen LogP contribution in [-0.2, 0) is 0 Å². The minimum atomic E-state index is -0.923. The van der Waals surface area contributed by atoms with Gasteiger partial charge in [0.25, 0.3) is 0 Å². The predicted octanol–water partition coefficient (Wildman–Crippen LogP) is 2.68. The van der Waals surface area contributed by atoms with Gasteiger partial charge in [0.2, 0.25) is 0 Å². The second-order valence-corrected chi connectivity index (χ2v) is 4.48. The van der Waals surface area contributed by atoms with E-state index in [2.05, 4.69) is 5.32 Å². The lowest BCUT2D eigenvalue weighted by Gasteiger charge is -2.15. The van der Waals surface area contributed by atoms with Gasteiger partial charge in [-0.1, -0.05) is 0 Å². The number of halogens is 2. The van der Waals surface area contributed by atoms with E-state index in [1.807, 2.05) is 6.26 Å². The fourth-order valence-electron chi connectivity index (χ4n) is 1.40. The lowest BCUT2D eigenvalue weighted by molar-refractivity contribution is 0.411. The molecule has 0 fully saturated rings. The van der Waals surface area contributed by atoms with Crippen LogP contribution >= 0.6 is 11.8 Å². The van der Waals surface area contributed by atoms with Gasteiger partial charge in [-0.2, -0.15) is 11.8 Å². The topological polar surface area (TPSA) is 32.3 Å². The van der Waals surface area contributed by atoms with Crippen LogP contribution in [-0.4, -0.2) is 23.7 Å². The number of hydrogen-bond donors (Lipinski definition) is 2. The van der Waals surface area contributed by atoms with E-state index in [0.29, 0.717) is 6.07 Å². The van der Waals surface area contributed by atoms with Gasteiger partial charge in [-0.25, -0.2) is 8.78 Å². The fraction of sp³-hybridized carbons (Fsp3) is 0.455. The molecule has 5 heteroatoms. The highest BCUT2D eigenvalue weighted by Crippen LogP contribution is 2.27. The van der Waals surface area contributed by atoms with E-state index in [4.69, 9.17) is 0 Å². The molecule has 0 saturated carbocycles. The van der Waals surface area contributed by atoms with Crippen LogP contribution in [0.4, 0.5) is 8.78 Å². The molecule has 2 N–H and O–H groups in total. The van der Waals surface area contributed by atoms with E-state index in [-0.39, 0.29) is 11.6 Å². The van der Waals surface area contributed by atoms with Crippen molar-refractivity contribution in [3.8, 4) is 5.75 Å². The number of nitrogens with one attached hydrogen (secondary N) is 1. The molecule has 1 unspecified atom stereocenters. The zero-order valence-corrected chi connectivity index (χ0v) is 10.1. The molecular weight excluding hydrogens is 232 g/mol. The smallest absolute Gasteiger partial charge is 0.168 e. The first-order valence-corrected chi connectivity index (χ1v) is 6.36. The number of thioether (sulfide) groups is 1. The summed E-state index contributed by atoms with van der Waals surface area (Å²) in [4.78, 5) is 0. The van der Waals surface area contributed by atoms with Gasteiger partial charge in [0.15, 0.2) is 11.6 Å². The Balaban J connectivity index is 2.78. The van der Waals surface area contributed by atoms with E-state index >= 15 is 0 Å². The summed E-state index contributed by atoms with van der Waals surface area (Å²) in [6, 6.07) is 1.54. The zero-order valence-electron chi connectivity index (χ0n) is 9.26. The molecule has 0 amide bonds. The van der Waals surface area contributed by atoms with Crippen molar-refractivity contribution >= 4 is 11.8 Å². The second kappa shape index (κ2) is 6.06. The number of rotatable bonds is 5. The highest BCUT2D eigenvalue weighted by Gasteiger charge is 2.15. The molecular formula is C11H15F2NOS. The van der Waals surface area contributed by atoms with E-state index in [1.54, 1.807) is 18.7 Å². The molecule has 16 heavy (non-hydrogen) atoms. The van der Waals surface area contributed by atoms with Gasteiger partial charge in [-0.05, 0) is 19.2 Å². The summed E-state index contributed by atoms with van der Waals surface area (Å²) < 4.78 is 26.0. The van der Waals surface area contributed by atoms with Crippen molar-refractivity contribution in [2.45, 2.75) is 13.0 Å². The Labute approximate surface area is 98.1 Å². The number of phenols is 1. The SMILES string of the molecule is CSCCNC(C)c1cc(F)cc(F)c1O. The third-order valence-corrected chi connectivity index (χ3v) is 2.89. The summed E-state index contributed by atoms with van der Waals surface area (Å²) in [5, 5.41) is 12.5. The molecule has 1 rings (SSSR count). The van der Waals surface area contributed by atoms with Crippen molar-refractivity contribution in [1.29, 1.82) is 0 Å². The predicted molar refractivity (Wildman–Crippen MR) is 62.8 cm³/mol. The van der Waals surface area contributed by atoms with Gasteiger partial charge in [0, 0.05) is 30.0 Å². The maximum Gasteiger partial charge on any atom is 0.168 e. The molecule has 0 aliphatic rings. The molecule has 0 saturated heterocycles. The minimum Gasteiger partial charge on any atom is -0.505 e. The molecule has 1 atom stereocenters. The molecule has 90 valence electrons. The molecule has 0 aliphatic carbocycles. The number of phenolic OH excluding ortho intramolecular Hbond substituents is 1. The first-order chi connectivity index (χ1) is 7.56. The van der Waals surface area contributed by atoms with Crippen molar-refractivity contribution in [2.75, 3.05) is 18.6 Å². The van der Waals surface area contributed by atoms with Crippen LogP contribution < -0.4 is 5.32 Å². The molecule has 0 radical (unpaired) electrons. The maximum atomic E-state index is 13.1. The van der Waals surface area contributed by atoms with Crippen LogP contribution in [0.3, 0.4) is 0 Å². The molecule has 0 aromatic heterocycles. The van der Waals surface area contributed by atoms with Crippen LogP contribution in [0.2, 0.25) is 0 Å². The first kappa shape index (κ1) is 13.3. The Morgan fingerprint density at radius 1 is 1.44 bits per heavy atom. The van der Waals surface area contributed by atoms with E-state index in [1.165, 1.54) is 0 Å². The minimum absolute atomic E-state index is 0.249. The highest BCUT2D eigenvalue weighted by atomic mass is 32.2. The van der Waals surface area contributed by atoms with E-state index < -0.39 is 17.4 Å². The Bertz CT molecular complexity index is 360. The summed E-state index contributed by atoms with van der Waals surface area (Å²) in [5.74, 6) is -1.18. The molecule has 0 heterocycles. The summed E-state index contributed by atoms with van der Waals surface area (Å²) >= 11 is 1.68. The fourth-order valence-corrected chi connectivity index (χ4v) is 1.73. The molecule has 0 spiro atoms. The van der Waals surface area contributed by atoms with Gasteiger partial charge < -0.3 is 10.4 Å². The lowest BCUT2D eigenvalue weighted by atomic mass is 10.1. The van der Waals surface area contributed by atoms with Crippen LogP contribution in [0.5, 0.6) is 5.75 Å². The van der Waals surface area contributed by atoms with Crippen molar-refractivity contribution in [3.05, 3.63) is 29.3 Å². The Hall–Kier alpha value is -0.810. The van der Waals surface area contributed by atoms with Gasteiger partial charge in [-0.3, -0.25) is 0 Å². The average molecular weight is 247 g/mol. The van der Waals surface area contributed by atoms with Crippen LogP contribution in [0.25, 0.3) is 0 Å². The largest absolute Gasteiger partial charge is 0.505 e. The van der Waals surface area contributed by atoms with E-state index in [9.17, 15) is 13.9 Å². The van der Waals surface area contributed by atoms with Crippen molar-refractivity contribution in [1.82, 2.24) is 5.32 Å². The maximum absolute atomic E-state index is 13.1. The van der Waals surface area contributed by atoms with Crippen molar-refractivity contribution in [2.24, 2.45) is 0 Å². The van der Waals surface area contributed by atoms with Crippen molar-refractivity contribution in [3.63, 3.8) is 0 Å². The Morgan fingerprint density at radius 3 is 2.75 bits per heavy atom. The molecule has 1 aromatic carbocycles. The van der Waals surface area contributed by atoms with Crippen LogP contribution in [0.15, 0.2) is 12.1 Å². The third kappa shape index (κ3) is 3.35. The molecule has 0 bridgehead atoms. The normalized spacial score (nSPS) is 12.8. The van der Waals surface area contributed by atoms with Gasteiger partial charge in [0.05, 0.1) is 0 Å². The average Bonchev–Trinajstić information content (AvgIpc) is 2.23. The molecule has 2 nitrogen and oxygen atoms in total. The summed E-state index contributed by atoms with van der Waals surface area (Å²) in [7, 11) is 0. The van der Waals surface area contributed by atoms with Gasteiger partial charge in [-0.15, -0.1) is 0 Å².